The molecule has 0 bridgehead atoms. The van der Waals surface area contributed by atoms with Gasteiger partial charge in [-0.1, -0.05) is 0 Å². The molecule has 4 aromatic rings. The molecule has 0 unspecified atom stereocenters. The summed E-state index contributed by atoms with van der Waals surface area (Å²) in [6.45, 7) is 1.86. The van der Waals surface area contributed by atoms with Crippen LogP contribution in [0.1, 0.15) is 11.5 Å². The van der Waals surface area contributed by atoms with E-state index in [2.05, 4.69) is 15.3 Å². The Bertz CT molecular complexity index is 1150. The highest BCUT2D eigenvalue weighted by molar-refractivity contribution is 7.14. The molecule has 142 valence electrons. The van der Waals surface area contributed by atoms with Gasteiger partial charge in [0.25, 0.3) is 0 Å². The Balaban J connectivity index is 1.41. The van der Waals surface area contributed by atoms with Crippen LogP contribution in [0.15, 0.2) is 45.5 Å². The van der Waals surface area contributed by atoms with Gasteiger partial charge in [-0.05, 0) is 37.3 Å². The van der Waals surface area contributed by atoms with Crippen molar-refractivity contribution in [3.63, 3.8) is 0 Å². The molecule has 28 heavy (non-hydrogen) atoms. The second-order valence-electron chi connectivity index (χ2n) is 5.95. The third kappa shape index (κ3) is 4.00. The van der Waals surface area contributed by atoms with Crippen LogP contribution in [0, 0.1) is 18.6 Å². The Morgan fingerprint density at radius 3 is 2.71 bits per heavy atom. The molecule has 0 fully saturated rings. The number of aromatic nitrogens is 2. The molecule has 0 saturated heterocycles. The minimum Gasteiger partial charge on any atom is -0.459 e. The molecule has 4 rings (SSSR count). The number of aryl methyl sites for hydroxylation is 1. The average Bonchev–Trinajstić information content (AvgIpc) is 3.39. The molecule has 0 aliphatic heterocycles. The Morgan fingerprint density at radius 1 is 1.11 bits per heavy atom. The zero-order chi connectivity index (χ0) is 19.7. The number of nitrogens with zero attached hydrogens (tertiary/aromatic N) is 2. The number of nitrogens with one attached hydrogen (secondary N) is 1. The minimum atomic E-state index is -0.942. The van der Waals surface area contributed by atoms with Crippen molar-refractivity contribution in [1.82, 2.24) is 9.97 Å². The van der Waals surface area contributed by atoms with E-state index in [0.717, 1.165) is 17.9 Å². The molecule has 0 aliphatic carbocycles. The number of amides is 1. The van der Waals surface area contributed by atoms with E-state index < -0.39 is 11.6 Å². The summed E-state index contributed by atoms with van der Waals surface area (Å²) in [5.74, 6) is -0.656. The molecular formula is C19H13F2N3O2S2. The average molecular weight is 417 g/mol. The molecule has 0 spiro atoms. The fourth-order valence-electron chi connectivity index (χ4n) is 2.50. The quantitative estimate of drug-likeness (QED) is 0.479. The van der Waals surface area contributed by atoms with E-state index in [9.17, 15) is 13.6 Å². The summed E-state index contributed by atoms with van der Waals surface area (Å²) in [6, 6.07) is 7.25. The summed E-state index contributed by atoms with van der Waals surface area (Å²) in [5.41, 5.74) is 1.53. The van der Waals surface area contributed by atoms with E-state index in [0.29, 0.717) is 32.9 Å². The number of hydrogen-bond acceptors (Lipinski definition) is 6. The van der Waals surface area contributed by atoms with Crippen LogP contribution in [0.2, 0.25) is 0 Å². The van der Waals surface area contributed by atoms with Crippen molar-refractivity contribution in [3.05, 3.63) is 64.2 Å². The lowest BCUT2D eigenvalue weighted by Crippen LogP contribution is -2.14. The van der Waals surface area contributed by atoms with Crippen LogP contribution in [0.5, 0.6) is 0 Å². The lowest BCUT2D eigenvalue weighted by Gasteiger charge is -2.00. The van der Waals surface area contributed by atoms with Gasteiger partial charge < -0.3 is 9.73 Å². The fraction of sp³-hybridized carbons (Fsp3) is 0.105. The predicted molar refractivity (Wildman–Crippen MR) is 104 cm³/mol. The van der Waals surface area contributed by atoms with Crippen molar-refractivity contribution >= 4 is 33.7 Å². The van der Waals surface area contributed by atoms with Crippen LogP contribution in [0.4, 0.5) is 13.9 Å². The zero-order valence-corrected chi connectivity index (χ0v) is 16.2. The molecule has 3 aromatic heterocycles. The number of rotatable bonds is 5. The number of hydrogen-bond donors (Lipinski definition) is 1. The van der Waals surface area contributed by atoms with E-state index in [1.54, 1.807) is 10.8 Å². The lowest BCUT2D eigenvalue weighted by molar-refractivity contribution is -0.115. The molecule has 0 saturated carbocycles. The number of carbonyl (C=O) groups excluding carboxylic acids is 1. The first-order chi connectivity index (χ1) is 13.5. The number of furan rings is 1. The Kier molecular flexibility index (Phi) is 5.01. The third-order valence-corrected chi connectivity index (χ3v) is 5.47. The summed E-state index contributed by atoms with van der Waals surface area (Å²) >= 11 is 2.61. The predicted octanol–water partition coefficient (Wildman–Crippen LogP) is 5.29. The van der Waals surface area contributed by atoms with E-state index in [4.69, 9.17) is 4.42 Å². The molecular weight excluding hydrogens is 404 g/mol. The van der Waals surface area contributed by atoms with Crippen LogP contribution in [-0.4, -0.2) is 15.9 Å². The molecule has 1 aromatic carbocycles. The van der Waals surface area contributed by atoms with Crippen molar-refractivity contribution in [3.8, 4) is 22.0 Å². The van der Waals surface area contributed by atoms with E-state index in [1.807, 2.05) is 19.1 Å². The number of anilines is 1. The summed E-state index contributed by atoms with van der Waals surface area (Å²) in [5, 5.41) is 7.27. The van der Waals surface area contributed by atoms with Crippen molar-refractivity contribution in [2.75, 3.05) is 5.32 Å². The molecule has 1 amide bonds. The van der Waals surface area contributed by atoms with Crippen LogP contribution in [0.3, 0.4) is 0 Å². The van der Waals surface area contributed by atoms with Crippen molar-refractivity contribution in [2.45, 2.75) is 13.3 Å². The molecule has 3 heterocycles. The lowest BCUT2D eigenvalue weighted by atomic mass is 10.2. The van der Waals surface area contributed by atoms with Gasteiger partial charge in [0.05, 0.1) is 17.8 Å². The molecule has 9 heteroatoms. The second-order valence-corrected chi connectivity index (χ2v) is 7.66. The summed E-state index contributed by atoms with van der Waals surface area (Å²) < 4.78 is 32.0. The fourth-order valence-corrected chi connectivity index (χ4v) is 4.01. The van der Waals surface area contributed by atoms with Crippen molar-refractivity contribution in [2.24, 2.45) is 0 Å². The molecule has 0 atom stereocenters. The molecule has 0 radical (unpaired) electrons. The minimum absolute atomic E-state index is 0.0935. The maximum atomic E-state index is 13.4. The first-order valence-electron chi connectivity index (χ1n) is 8.20. The summed E-state index contributed by atoms with van der Waals surface area (Å²) in [7, 11) is 0. The third-order valence-electron chi connectivity index (χ3n) is 3.81. The SMILES string of the molecule is Cc1ccc(-c2nc(CC(=O)Nc3nc(-c4ccc(F)c(F)c4)cs3)cs2)o1. The van der Waals surface area contributed by atoms with E-state index in [1.165, 1.54) is 28.7 Å². The highest BCUT2D eigenvalue weighted by Gasteiger charge is 2.14. The highest BCUT2D eigenvalue weighted by atomic mass is 32.1. The van der Waals surface area contributed by atoms with Gasteiger partial charge in [0.2, 0.25) is 5.91 Å². The standard InChI is InChI=1S/C19H13F2N3O2S2/c1-10-2-5-16(26-10)18-22-12(8-27-18)7-17(25)24-19-23-15(9-28-19)11-3-4-13(20)14(21)6-11/h2-6,8-9H,7H2,1H3,(H,23,24,25). The van der Waals surface area contributed by atoms with Crippen LogP contribution in [-0.2, 0) is 11.2 Å². The Morgan fingerprint density at radius 2 is 1.96 bits per heavy atom. The molecule has 1 N–H and O–H groups in total. The summed E-state index contributed by atoms with van der Waals surface area (Å²) in [6.07, 6.45) is 0.0935. The highest BCUT2D eigenvalue weighted by Crippen LogP contribution is 2.27. The summed E-state index contributed by atoms with van der Waals surface area (Å²) in [4.78, 5) is 20.9. The zero-order valence-electron chi connectivity index (χ0n) is 14.5. The largest absolute Gasteiger partial charge is 0.459 e. The van der Waals surface area contributed by atoms with Gasteiger partial charge in [0.15, 0.2) is 27.5 Å². The first kappa shape index (κ1) is 18.5. The van der Waals surface area contributed by atoms with Gasteiger partial charge in [-0.3, -0.25) is 4.79 Å². The Hall–Kier alpha value is -2.91. The Labute approximate surface area is 166 Å². The van der Waals surface area contributed by atoms with Gasteiger partial charge in [-0.15, -0.1) is 22.7 Å². The molecule has 5 nitrogen and oxygen atoms in total. The first-order valence-corrected chi connectivity index (χ1v) is 9.96. The maximum Gasteiger partial charge on any atom is 0.232 e. The van der Waals surface area contributed by atoms with Gasteiger partial charge in [-0.25, -0.2) is 18.7 Å². The smallest absolute Gasteiger partial charge is 0.232 e. The van der Waals surface area contributed by atoms with E-state index in [-0.39, 0.29) is 12.3 Å². The van der Waals surface area contributed by atoms with Crippen LogP contribution < -0.4 is 5.32 Å². The molecule has 0 aliphatic rings. The normalized spacial score (nSPS) is 11.0. The van der Waals surface area contributed by atoms with Gasteiger partial charge >= 0.3 is 0 Å². The van der Waals surface area contributed by atoms with Crippen LogP contribution in [0.25, 0.3) is 22.0 Å². The van der Waals surface area contributed by atoms with Crippen molar-refractivity contribution < 1.29 is 18.0 Å². The second kappa shape index (κ2) is 7.61. The van der Waals surface area contributed by atoms with Gasteiger partial charge in [0.1, 0.15) is 5.76 Å². The van der Waals surface area contributed by atoms with E-state index >= 15 is 0 Å². The number of benzene rings is 1. The van der Waals surface area contributed by atoms with Crippen molar-refractivity contribution in [1.29, 1.82) is 0 Å². The maximum absolute atomic E-state index is 13.4. The monoisotopic (exact) mass is 417 g/mol. The van der Waals surface area contributed by atoms with Gasteiger partial charge in [-0.2, -0.15) is 0 Å². The van der Waals surface area contributed by atoms with Crippen LogP contribution >= 0.6 is 22.7 Å². The van der Waals surface area contributed by atoms with Gasteiger partial charge in [0, 0.05) is 16.3 Å². The topological polar surface area (TPSA) is 68.0 Å². The number of halogens is 2. The number of thiazole rings is 2. The number of carbonyl (C=O) groups is 1.